The Labute approximate surface area is 134 Å². The zero-order valence-corrected chi connectivity index (χ0v) is 13.7. The number of aliphatic hydroxyl groups excluding tert-OH is 1. The van der Waals surface area contributed by atoms with Crippen LogP contribution in [0.1, 0.15) is 38.2 Å². The predicted molar refractivity (Wildman–Crippen MR) is 90.6 cm³/mol. The second-order valence-corrected chi connectivity index (χ2v) is 7.25. The lowest BCUT2D eigenvalue weighted by Crippen LogP contribution is -2.56. The highest BCUT2D eigenvalue weighted by atomic mass is 16.3. The molecule has 2 fully saturated rings. The van der Waals surface area contributed by atoms with Gasteiger partial charge >= 0.3 is 0 Å². The van der Waals surface area contributed by atoms with Gasteiger partial charge in [-0.15, -0.1) is 0 Å². The molecule has 4 unspecified atom stereocenters. The van der Waals surface area contributed by atoms with Gasteiger partial charge in [-0.25, -0.2) is 0 Å². The Hall–Kier alpha value is -0.900. The Balaban J connectivity index is 1.57. The van der Waals surface area contributed by atoms with Crippen LogP contribution in [0.15, 0.2) is 30.3 Å². The van der Waals surface area contributed by atoms with Gasteiger partial charge in [-0.1, -0.05) is 37.3 Å². The van der Waals surface area contributed by atoms with E-state index in [0.717, 1.165) is 24.9 Å². The molecule has 3 nitrogen and oxygen atoms in total. The molecule has 1 aromatic rings. The van der Waals surface area contributed by atoms with Gasteiger partial charge in [0.2, 0.25) is 0 Å². The fourth-order valence-electron chi connectivity index (χ4n) is 4.10. The van der Waals surface area contributed by atoms with Crippen molar-refractivity contribution in [2.75, 3.05) is 19.7 Å². The van der Waals surface area contributed by atoms with Gasteiger partial charge in [0, 0.05) is 38.3 Å². The van der Waals surface area contributed by atoms with Crippen LogP contribution in [0.4, 0.5) is 0 Å². The van der Waals surface area contributed by atoms with E-state index in [1.807, 2.05) is 0 Å². The number of hydrogen-bond donors (Lipinski definition) is 2. The maximum absolute atomic E-state index is 9.32. The molecule has 1 saturated heterocycles. The Morgan fingerprint density at radius 2 is 2.00 bits per heavy atom. The number of nitrogens with one attached hydrogen (secondary N) is 1. The molecule has 1 heterocycles. The predicted octanol–water partition coefficient (Wildman–Crippen LogP) is 2.65. The van der Waals surface area contributed by atoms with Crippen molar-refractivity contribution in [1.29, 1.82) is 0 Å². The van der Waals surface area contributed by atoms with Crippen molar-refractivity contribution in [1.82, 2.24) is 10.2 Å². The molecule has 2 aliphatic rings. The summed E-state index contributed by atoms with van der Waals surface area (Å²) in [5, 5.41) is 13.1. The maximum atomic E-state index is 9.32. The van der Waals surface area contributed by atoms with Gasteiger partial charge in [0.25, 0.3) is 0 Å². The molecule has 2 N–H and O–H groups in total. The van der Waals surface area contributed by atoms with E-state index in [0.29, 0.717) is 18.6 Å². The standard InChI is InChI=1S/C19H30N2O/c1-15-7-8-19(15)21-13-17(9-10-22)11-18(14-21)20-12-16-5-3-2-4-6-16/h2-6,15,17-20,22H,7-14H2,1H3. The first-order valence-corrected chi connectivity index (χ1v) is 8.88. The van der Waals surface area contributed by atoms with E-state index in [1.54, 1.807) is 0 Å². The number of benzene rings is 1. The van der Waals surface area contributed by atoms with E-state index in [2.05, 4.69) is 47.5 Å². The highest BCUT2D eigenvalue weighted by Gasteiger charge is 2.37. The van der Waals surface area contributed by atoms with Crippen molar-refractivity contribution < 1.29 is 5.11 Å². The smallest absolute Gasteiger partial charge is 0.0434 e. The molecule has 1 aliphatic carbocycles. The van der Waals surface area contributed by atoms with Gasteiger partial charge in [0.1, 0.15) is 0 Å². The largest absolute Gasteiger partial charge is 0.396 e. The second kappa shape index (κ2) is 7.58. The highest BCUT2D eigenvalue weighted by molar-refractivity contribution is 5.14. The minimum absolute atomic E-state index is 0.324. The first-order chi connectivity index (χ1) is 10.8. The molecule has 0 aromatic heterocycles. The van der Waals surface area contributed by atoms with Crippen molar-refractivity contribution in [3.05, 3.63) is 35.9 Å². The van der Waals surface area contributed by atoms with E-state index in [1.165, 1.54) is 37.9 Å². The number of aliphatic hydroxyl groups is 1. The molecule has 1 aliphatic heterocycles. The van der Waals surface area contributed by atoms with Crippen LogP contribution in [0.25, 0.3) is 0 Å². The van der Waals surface area contributed by atoms with E-state index in [-0.39, 0.29) is 0 Å². The molecule has 3 heteroatoms. The summed E-state index contributed by atoms with van der Waals surface area (Å²) >= 11 is 0. The average Bonchev–Trinajstić information content (AvgIpc) is 2.53. The number of nitrogens with zero attached hydrogens (tertiary/aromatic N) is 1. The monoisotopic (exact) mass is 302 g/mol. The zero-order chi connectivity index (χ0) is 15.4. The van der Waals surface area contributed by atoms with E-state index < -0.39 is 0 Å². The Bertz CT molecular complexity index is 450. The summed E-state index contributed by atoms with van der Waals surface area (Å²) in [5.74, 6) is 1.49. The minimum atomic E-state index is 0.324. The molecule has 0 amide bonds. The molecule has 0 spiro atoms. The topological polar surface area (TPSA) is 35.5 Å². The normalized spacial score (nSPS) is 32.6. The highest BCUT2D eigenvalue weighted by Crippen LogP contribution is 2.34. The number of likely N-dealkylation sites (tertiary alicyclic amines) is 1. The van der Waals surface area contributed by atoms with Crippen LogP contribution in [0.3, 0.4) is 0 Å². The number of rotatable bonds is 6. The lowest BCUT2D eigenvalue weighted by Gasteiger charge is -2.48. The van der Waals surface area contributed by atoms with Crippen molar-refractivity contribution in [3.63, 3.8) is 0 Å². The van der Waals surface area contributed by atoms with Crippen LogP contribution in [-0.2, 0) is 6.54 Å². The van der Waals surface area contributed by atoms with Crippen molar-refractivity contribution in [3.8, 4) is 0 Å². The molecule has 0 bridgehead atoms. The van der Waals surface area contributed by atoms with Crippen molar-refractivity contribution in [2.45, 2.75) is 51.2 Å². The Kier molecular flexibility index (Phi) is 5.51. The molecule has 1 aromatic carbocycles. The van der Waals surface area contributed by atoms with Crippen LogP contribution in [-0.4, -0.2) is 41.8 Å². The van der Waals surface area contributed by atoms with Crippen LogP contribution < -0.4 is 5.32 Å². The molecule has 1 saturated carbocycles. The third-order valence-electron chi connectivity index (χ3n) is 5.58. The first kappa shape index (κ1) is 16.0. The third-order valence-corrected chi connectivity index (χ3v) is 5.58. The minimum Gasteiger partial charge on any atom is -0.396 e. The third kappa shape index (κ3) is 3.89. The lowest BCUT2D eigenvalue weighted by molar-refractivity contribution is 0.0176. The molecule has 4 atom stereocenters. The second-order valence-electron chi connectivity index (χ2n) is 7.25. The quantitative estimate of drug-likeness (QED) is 0.848. The number of piperidine rings is 1. The summed E-state index contributed by atoms with van der Waals surface area (Å²) in [6, 6.07) is 12.0. The van der Waals surface area contributed by atoms with Gasteiger partial charge in [-0.3, -0.25) is 4.90 Å². The average molecular weight is 302 g/mol. The SMILES string of the molecule is CC1CCC1N1CC(CCO)CC(NCc2ccccc2)C1. The van der Waals surface area contributed by atoms with Gasteiger partial charge < -0.3 is 10.4 Å². The van der Waals surface area contributed by atoms with E-state index in [4.69, 9.17) is 0 Å². The molecular weight excluding hydrogens is 272 g/mol. The molecular formula is C19H30N2O. The van der Waals surface area contributed by atoms with Gasteiger partial charge in [-0.2, -0.15) is 0 Å². The molecule has 0 radical (unpaired) electrons. The lowest BCUT2D eigenvalue weighted by atomic mass is 9.78. The summed E-state index contributed by atoms with van der Waals surface area (Å²) < 4.78 is 0. The summed E-state index contributed by atoms with van der Waals surface area (Å²) in [7, 11) is 0. The van der Waals surface area contributed by atoms with Gasteiger partial charge in [-0.05, 0) is 43.1 Å². The van der Waals surface area contributed by atoms with Crippen LogP contribution in [0, 0.1) is 11.8 Å². The summed E-state index contributed by atoms with van der Waals surface area (Å²) in [4.78, 5) is 2.70. The van der Waals surface area contributed by atoms with Crippen LogP contribution in [0.2, 0.25) is 0 Å². The fourth-order valence-corrected chi connectivity index (χ4v) is 4.10. The summed E-state index contributed by atoms with van der Waals surface area (Å²) in [5.41, 5.74) is 1.36. The molecule has 3 rings (SSSR count). The van der Waals surface area contributed by atoms with Crippen molar-refractivity contribution in [2.24, 2.45) is 11.8 Å². The summed E-state index contributed by atoms with van der Waals surface area (Å²) in [6.45, 7) is 6.01. The van der Waals surface area contributed by atoms with E-state index >= 15 is 0 Å². The maximum Gasteiger partial charge on any atom is 0.0434 e. The number of hydrogen-bond acceptors (Lipinski definition) is 3. The van der Waals surface area contributed by atoms with E-state index in [9.17, 15) is 5.11 Å². The van der Waals surface area contributed by atoms with Crippen molar-refractivity contribution >= 4 is 0 Å². The Morgan fingerprint density at radius 1 is 1.18 bits per heavy atom. The summed E-state index contributed by atoms with van der Waals surface area (Å²) in [6.07, 6.45) is 4.89. The fraction of sp³-hybridized carbons (Fsp3) is 0.684. The zero-order valence-electron chi connectivity index (χ0n) is 13.7. The molecule has 122 valence electrons. The van der Waals surface area contributed by atoms with Gasteiger partial charge in [0.05, 0.1) is 0 Å². The van der Waals surface area contributed by atoms with Crippen LogP contribution in [0.5, 0.6) is 0 Å². The Morgan fingerprint density at radius 3 is 2.64 bits per heavy atom. The van der Waals surface area contributed by atoms with Gasteiger partial charge in [0.15, 0.2) is 0 Å². The first-order valence-electron chi connectivity index (χ1n) is 8.88. The van der Waals surface area contributed by atoms with Crippen LogP contribution >= 0.6 is 0 Å². The molecule has 22 heavy (non-hydrogen) atoms.